The van der Waals surface area contributed by atoms with E-state index < -0.39 is 45.1 Å². The summed E-state index contributed by atoms with van der Waals surface area (Å²) >= 11 is 0. The Morgan fingerprint density at radius 2 is 1.69 bits per heavy atom. The Hall–Kier alpha value is -2.69. The molecule has 2 rings (SSSR count). The molecule has 1 aromatic rings. The molecule has 0 bridgehead atoms. The van der Waals surface area contributed by atoms with Gasteiger partial charge in [0.1, 0.15) is 17.3 Å². The van der Waals surface area contributed by atoms with Crippen molar-refractivity contribution in [3.8, 4) is 0 Å². The summed E-state index contributed by atoms with van der Waals surface area (Å²) in [6.07, 6.45) is 0.553. The van der Waals surface area contributed by atoms with Crippen LogP contribution in [-0.4, -0.2) is 68.5 Å². The number of benzene rings is 1. The number of nitrogens with zero attached hydrogens (tertiary/aromatic N) is 1. The van der Waals surface area contributed by atoms with Crippen molar-refractivity contribution >= 4 is 33.4 Å². The van der Waals surface area contributed by atoms with Crippen molar-refractivity contribution in [2.75, 3.05) is 36.5 Å². The highest BCUT2D eigenvalue weighted by Crippen LogP contribution is 2.12. The highest BCUT2D eigenvalue weighted by atomic mass is 32.2. The molecule has 1 heterocycles. The SMILES string of the molecule is CCOC(=O)N1CCC(NC(=O)CS(=O)(=O)CC(=O)Nc2ccc(F)cc2)CC1. The molecule has 9 nitrogen and oxygen atoms in total. The third-order valence-corrected chi connectivity index (χ3v) is 5.62. The van der Waals surface area contributed by atoms with Crippen LogP contribution in [0.4, 0.5) is 14.9 Å². The molecular formula is C18H24FN3O6S. The predicted octanol–water partition coefficient (Wildman–Crippen LogP) is 0.916. The van der Waals surface area contributed by atoms with E-state index in [1.807, 2.05) is 0 Å². The number of nitrogens with one attached hydrogen (secondary N) is 2. The van der Waals surface area contributed by atoms with Crippen LogP contribution in [0.2, 0.25) is 0 Å². The van der Waals surface area contributed by atoms with Gasteiger partial charge in [0.05, 0.1) is 6.61 Å². The van der Waals surface area contributed by atoms with Crippen LogP contribution in [0.5, 0.6) is 0 Å². The number of halogens is 1. The number of ether oxygens (including phenoxy) is 1. The molecule has 3 amide bonds. The van der Waals surface area contributed by atoms with Crippen molar-refractivity contribution in [3.05, 3.63) is 30.1 Å². The Labute approximate surface area is 168 Å². The third-order valence-electron chi connectivity index (χ3n) is 4.22. The van der Waals surface area contributed by atoms with Gasteiger partial charge in [-0.1, -0.05) is 0 Å². The molecule has 1 saturated heterocycles. The summed E-state index contributed by atoms with van der Waals surface area (Å²) in [5.41, 5.74) is 0.254. The molecule has 29 heavy (non-hydrogen) atoms. The van der Waals surface area contributed by atoms with Gasteiger partial charge in [0.15, 0.2) is 9.84 Å². The molecule has 0 spiro atoms. The van der Waals surface area contributed by atoms with Gasteiger partial charge in [0.2, 0.25) is 11.8 Å². The molecule has 1 aromatic carbocycles. The van der Waals surface area contributed by atoms with Gasteiger partial charge in [0, 0.05) is 24.8 Å². The Bertz CT molecular complexity index is 836. The van der Waals surface area contributed by atoms with Crippen LogP contribution in [0, 0.1) is 5.82 Å². The third kappa shape index (κ3) is 7.68. The highest BCUT2D eigenvalue weighted by Gasteiger charge is 2.27. The van der Waals surface area contributed by atoms with Crippen molar-refractivity contribution in [2.45, 2.75) is 25.8 Å². The fourth-order valence-electron chi connectivity index (χ4n) is 2.87. The Morgan fingerprint density at radius 1 is 1.10 bits per heavy atom. The molecule has 0 unspecified atom stereocenters. The lowest BCUT2D eigenvalue weighted by atomic mass is 10.1. The summed E-state index contributed by atoms with van der Waals surface area (Å²) in [5, 5.41) is 4.97. The van der Waals surface area contributed by atoms with Crippen LogP contribution in [0.1, 0.15) is 19.8 Å². The van der Waals surface area contributed by atoms with E-state index in [0.29, 0.717) is 25.9 Å². The molecule has 1 aliphatic heterocycles. The van der Waals surface area contributed by atoms with Crippen LogP contribution in [0.3, 0.4) is 0 Å². The average Bonchev–Trinajstić information content (AvgIpc) is 2.63. The fraction of sp³-hybridized carbons (Fsp3) is 0.500. The number of carbonyl (C=O) groups excluding carboxylic acids is 3. The predicted molar refractivity (Wildman–Crippen MR) is 103 cm³/mol. The number of likely N-dealkylation sites (tertiary alicyclic amines) is 1. The van der Waals surface area contributed by atoms with Crippen LogP contribution < -0.4 is 10.6 Å². The quantitative estimate of drug-likeness (QED) is 0.665. The number of anilines is 1. The van der Waals surface area contributed by atoms with Crippen LogP contribution in [0.15, 0.2) is 24.3 Å². The lowest BCUT2D eigenvalue weighted by Gasteiger charge is -2.31. The number of sulfone groups is 1. The van der Waals surface area contributed by atoms with Gasteiger partial charge in [-0.05, 0) is 44.0 Å². The normalized spacial score (nSPS) is 14.9. The topological polar surface area (TPSA) is 122 Å². The number of hydrogen-bond acceptors (Lipinski definition) is 6. The summed E-state index contributed by atoms with van der Waals surface area (Å²) < 4.78 is 42.0. The molecule has 160 valence electrons. The summed E-state index contributed by atoms with van der Waals surface area (Å²) in [4.78, 5) is 37.1. The number of carbonyl (C=O) groups is 3. The molecule has 0 aliphatic carbocycles. The Kier molecular flexibility index (Phi) is 7.94. The van der Waals surface area contributed by atoms with Crippen molar-refractivity contribution in [2.24, 2.45) is 0 Å². The van der Waals surface area contributed by atoms with Crippen molar-refractivity contribution in [1.82, 2.24) is 10.2 Å². The maximum absolute atomic E-state index is 12.8. The second-order valence-electron chi connectivity index (χ2n) is 6.62. The monoisotopic (exact) mass is 429 g/mol. The van der Waals surface area contributed by atoms with E-state index in [9.17, 15) is 27.2 Å². The minimum absolute atomic E-state index is 0.253. The second-order valence-corrected chi connectivity index (χ2v) is 8.68. The number of piperidine rings is 1. The lowest BCUT2D eigenvalue weighted by molar-refractivity contribution is -0.119. The van der Waals surface area contributed by atoms with Gasteiger partial charge in [-0.15, -0.1) is 0 Å². The molecule has 2 N–H and O–H groups in total. The first-order valence-corrected chi connectivity index (χ1v) is 11.0. The van der Waals surface area contributed by atoms with Gasteiger partial charge in [-0.25, -0.2) is 17.6 Å². The van der Waals surface area contributed by atoms with E-state index in [1.165, 1.54) is 17.0 Å². The van der Waals surface area contributed by atoms with Gasteiger partial charge in [-0.3, -0.25) is 9.59 Å². The minimum Gasteiger partial charge on any atom is -0.450 e. The summed E-state index contributed by atoms with van der Waals surface area (Å²) in [7, 11) is -3.97. The van der Waals surface area contributed by atoms with E-state index >= 15 is 0 Å². The van der Waals surface area contributed by atoms with Crippen LogP contribution >= 0.6 is 0 Å². The van der Waals surface area contributed by atoms with Crippen LogP contribution in [0.25, 0.3) is 0 Å². The molecule has 0 atom stereocenters. The van der Waals surface area contributed by atoms with Crippen molar-refractivity contribution in [1.29, 1.82) is 0 Å². The standard InChI is InChI=1S/C18H24FN3O6S/c1-2-28-18(25)22-9-7-15(8-10-22)21-17(24)12-29(26,27)11-16(23)20-14-5-3-13(19)4-6-14/h3-6,15H,2,7-12H2,1H3,(H,20,23)(H,21,24). The zero-order valence-corrected chi connectivity index (χ0v) is 16.8. The summed E-state index contributed by atoms with van der Waals surface area (Å²) in [6, 6.07) is 4.61. The molecular weight excluding hydrogens is 405 g/mol. The zero-order chi connectivity index (χ0) is 21.4. The maximum Gasteiger partial charge on any atom is 0.409 e. The number of rotatable bonds is 7. The summed E-state index contributed by atoms with van der Waals surface area (Å²) in [5.74, 6) is -3.68. The van der Waals surface area contributed by atoms with E-state index in [2.05, 4.69) is 10.6 Å². The second kappa shape index (κ2) is 10.2. The first-order valence-electron chi connectivity index (χ1n) is 9.15. The zero-order valence-electron chi connectivity index (χ0n) is 16.0. The molecule has 0 aromatic heterocycles. The number of hydrogen-bond donors (Lipinski definition) is 2. The van der Waals surface area contributed by atoms with Crippen molar-refractivity contribution < 1.29 is 31.9 Å². The average molecular weight is 429 g/mol. The molecule has 11 heteroatoms. The molecule has 0 saturated carbocycles. The van der Waals surface area contributed by atoms with E-state index in [1.54, 1.807) is 6.92 Å². The molecule has 1 aliphatic rings. The number of amides is 3. The smallest absolute Gasteiger partial charge is 0.409 e. The largest absolute Gasteiger partial charge is 0.450 e. The Morgan fingerprint density at radius 3 is 2.28 bits per heavy atom. The van der Waals surface area contributed by atoms with E-state index in [-0.39, 0.29) is 18.3 Å². The van der Waals surface area contributed by atoms with E-state index in [4.69, 9.17) is 4.74 Å². The fourth-order valence-corrected chi connectivity index (χ4v) is 3.93. The lowest BCUT2D eigenvalue weighted by Crippen LogP contribution is -2.48. The van der Waals surface area contributed by atoms with Gasteiger partial charge >= 0.3 is 6.09 Å². The maximum atomic E-state index is 12.8. The van der Waals surface area contributed by atoms with Gasteiger partial charge in [-0.2, -0.15) is 0 Å². The highest BCUT2D eigenvalue weighted by molar-refractivity contribution is 7.92. The first-order chi connectivity index (χ1) is 13.7. The Balaban J connectivity index is 1.76. The summed E-state index contributed by atoms with van der Waals surface area (Å²) in [6.45, 7) is 2.79. The first kappa shape index (κ1) is 22.6. The molecule has 0 radical (unpaired) electrons. The van der Waals surface area contributed by atoms with Crippen molar-refractivity contribution in [3.63, 3.8) is 0 Å². The molecule has 1 fully saturated rings. The van der Waals surface area contributed by atoms with Crippen LogP contribution in [-0.2, 0) is 24.2 Å². The van der Waals surface area contributed by atoms with Gasteiger partial charge in [0.25, 0.3) is 0 Å². The van der Waals surface area contributed by atoms with Gasteiger partial charge < -0.3 is 20.3 Å². The minimum atomic E-state index is -3.97. The van der Waals surface area contributed by atoms with E-state index in [0.717, 1.165) is 12.1 Å².